The van der Waals surface area contributed by atoms with Crippen molar-refractivity contribution < 1.29 is 0 Å². The summed E-state index contributed by atoms with van der Waals surface area (Å²) in [4.78, 5) is 0. The van der Waals surface area contributed by atoms with Crippen molar-refractivity contribution >= 4 is 60.2 Å². The van der Waals surface area contributed by atoms with Crippen LogP contribution in [-0.4, -0.2) is 11.5 Å². The number of thiol groups is 1. The molecule has 0 amide bonds. The molecule has 6 heteroatoms. The second-order valence-corrected chi connectivity index (χ2v) is 15.2. The van der Waals surface area contributed by atoms with Crippen LogP contribution < -0.4 is 0 Å². The highest BCUT2D eigenvalue weighted by Gasteiger charge is 2.06. The topological polar surface area (TPSA) is 0 Å². The quantitative estimate of drug-likeness (QED) is 0.353. The molecule has 1 rings (SSSR count). The van der Waals surface area contributed by atoms with Crippen LogP contribution in [0.1, 0.15) is 25.7 Å². The van der Waals surface area contributed by atoms with Gasteiger partial charge in [0.2, 0.25) is 0 Å². The van der Waals surface area contributed by atoms with Gasteiger partial charge in [0.15, 0.2) is 0 Å². The molecule has 1 aliphatic heterocycles. The van der Waals surface area contributed by atoms with Crippen LogP contribution in [0.2, 0.25) is 0 Å². The van der Waals surface area contributed by atoms with Gasteiger partial charge in [0, 0.05) is 11.5 Å². The van der Waals surface area contributed by atoms with Crippen molar-refractivity contribution in [2.24, 2.45) is 0 Å². The first-order chi connectivity index (χ1) is 5.89. The zero-order valence-corrected chi connectivity index (χ0v) is 11.8. The Kier molecular flexibility index (Phi) is 8.66. The summed E-state index contributed by atoms with van der Waals surface area (Å²) in [5, 5.41) is 0. The third-order valence-corrected chi connectivity index (χ3v) is 16.3. The fourth-order valence-corrected chi connectivity index (χ4v) is 14.4. The van der Waals surface area contributed by atoms with Gasteiger partial charge in [-0.1, -0.05) is 34.4 Å². The van der Waals surface area contributed by atoms with Crippen molar-refractivity contribution in [1.29, 1.82) is 0 Å². The maximum atomic E-state index is 4.55. The highest BCUT2D eigenvalue weighted by molar-refractivity contribution is 9.33. The molecule has 1 aliphatic rings. The van der Waals surface area contributed by atoms with Crippen LogP contribution in [0.15, 0.2) is 0 Å². The Morgan fingerprint density at radius 2 is 1.33 bits per heavy atom. The lowest BCUT2D eigenvalue weighted by Gasteiger charge is -2.05. The van der Waals surface area contributed by atoms with E-state index in [1.54, 1.807) is 0 Å². The zero-order chi connectivity index (χ0) is 8.65. The standard InChI is InChI=1S/C6H13PS5/c8-7-11-9-5-3-1-2-4-6-10-12-7/h8H,1-6H2. The maximum absolute atomic E-state index is 4.55. The predicted molar refractivity (Wildman–Crippen MR) is 74.5 cm³/mol. The van der Waals surface area contributed by atoms with Crippen molar-refractivity contribution in [3.8, 4) is 0 Å². The van der Waals surface area contributed by atoms with Crippen molar-refractivity contribution in [2.75, 3.05) is 11.5 Å². The van der Waals surface area contributed by atoms with Gasteiger partial charge in [0.05, 0.1) is 5.53 Å². The molecule has 0 aromatic rings. The van der Waals surface area contributed by atoms with Crippen LogP contribution in [0, 0.1) is 0 Å². The van der Waals surface area contributed by atoms with Gasteiger partial charge < -0.3 is 0 Å². The maximum Gasteiger partial charge on any atom is 0.0919 e. The van der Waals surface area contributed by atoms with Gasteiger partial charge in [0.25, 0.3) is 0 Å². The number of hydrogen-bond donors (Lipinski definition) is 1. The summed E-state index contributed by atoms with van der Waals surface area (Å²) in [5.74, 6) is 2.63. The summed E-state index contributed by atoms with van der Waals surface area (Å²) in [5.41, 5.74) is -0.122. The molecule has 0 aromatic carbocycles. The Bertz CT molecular complexity index is 100. The number of rotatable bonds is 0. The molecule has 0 aromatic heterocycles. The van der Waals surface area contributed by atoms with Gasteiger partial charge in [-0.2, -0.15) is 0 Å². The third kappa shape index (κ3) is 6.61. The van der Waals surface area contributed by atoms with Crippen molar-refractivity contribution in [1.82, 2.24) is 0 Å². The molecular weight excluding hydrogens is 263 g/mol. The molecule has 1 heterocycles. The van der Waals surface area contributed by atoms with Gasteiger partial charge >= 0.3 is 0 Å². The van der Waals surface area contributed by atoms with E-state index in [1.165, 1.54) is 37.2 Å². The van der Waals surface area contributed by atoms with Gasteiger partial charge in [0.1, 0.15) is 0 Å². The molecule has 72 valence electrons. The van der Waals surface area contributed by atoms with Crippen LogP contribution in [-0.2, 0) is 0 Å². The summed E-state index contributed by atoms with van der Waals surface area (Å²) >= 11 is 4.55. The van der Waals surface area contributed by atoms with Gasteiger partial charge in [-0.3, -0.25) is 0 Å². The average molecular weight is 276 g/mol. The smallest absolute Gasteiger partial charge is 0.0919 e. The molecule has 1 saturated heterocycles. The average Bonchev–Trinajstić information content (AvgIpc) is 2.11. The first-order valence-corrected chi connectivity index (χ1v) is 12.3. The highest BCUT2D eigenvalue weighted by atomic mass is 33.7. The van der Waals surface area contributed by atoms with Gasteiger partial charge in [-0.25, -0.2) is 0 Å². The minimum Gasteiger partial charge on any atom is -0.128 e. The summed E-state index contributed by atoms with van der Waals surface area (Å²) < 4.78 is 0. The Morgan fingerprint density at radius 1 is 0.833 bits per heavy atom. The lowest BCUT2D eigenvalue weighted by Crippen LogP contribution is -1.81. The van der Waals surface area contributed by atoms with E-state index in [9.17, 15) is 0 Å². The monoisotopic (exact) mass is 276 g/mol. The molecule has 0 nitrogen and oxygen atoms in total. The van der Waals surface area contributed by atoms with Crippen molar-refractivity contribution in [2.45, 2.75) is 25.7 Å². The van der Waals surface area contributed by atoms with Crippen LogP contribution in [0.5, 0.6) is 0 Å². The normalized spacial score (nSPS) is 24.8. The fraction of sp³-hybridized carbons (Fsp3) is 1.00. The molecular formula is C6H13PS5. The molecule has 0 saturated carbocycles. The van der Waals surface area contributed by atoms with Crippen molar-refractivity contribution in [3.63, 3.8) is 0 Å². The van der Waals surface area contributed by atoms with E-state index in [1.807, 2.05) is 42.4 Å². The van der Waals surface area contributed by atoms with Crippen LogP contribution in [0.25, 0.3) is 0 Å². The van der Waals surface area contributed by atoms with Crippen molar-refractivity contribution in [3.05, 3.63) is 0 Å². The summed E-state index contributed by atoms with van der Waals surface area (Å²) in [6, 6.07) is 0. The van der Waals surface area contributed by atoms with Gasteiger partial charge in [-0.05, 0) is 33.7 Å². The van der Waals surface area contributed by atoms with E-state index in [-0.39, 0.29) is 5.53 Å². The first-order valence-electron chi connectivity index (χ1n) is 3.98. The van der Waals surface area contributed by atoms with Gasteiger partial charge in [-0.15, -0.1) is 12.2 Å². The van der Waals surface area contributed by atoms with Crippen LogP contribution in [0.3, 0.4) is 0 Å². The van der Waals surface area contributed by atoms with Crippen LogP contribution >= 0.6 is 60.2 Å². The largest absolute Gasteiger partial charge is 0.128 e. The minimum absolute atomic E-state index is 0.122. The molecule has 0 spiro atoms. The molecule has 0 N–H and O–H groups in total. The fourth-order valence-electron chi connectivity index (χ4n) is 0.853. The van der Waals surface area contributed by atoms with E-state index in [4.69, 9.17) is 0 Å². The molecule has 1 fully saturated rings. The molecule has 12 heavy (non-hydrogen) atoms. The molecule has 0 radical (unpaired) electrons. The lowest BCUT2D eigenvalue weighted by atomic mass is 10.2. The second kappa shape index (κ2) is 8.49. The second-order valence-electron chi connectivity index (χ2n) is 2.45. The van der Waals surface area contributed by atoms with E-state index in [0.29, 0.717) is 0 Å². The Labute approximate surface area is 96.8 Å². The van der Waals surface area contributed by atoms with E-state index in [2.05, 4.69) is 12.2 Å². The first kappa shape index (κ1) is 12.3. The van der Waals surface area contributed by atoms with E-state index < -0.39 is 0 Å². The lowest BCUT2D eigenvalue weighted by molar-refractivity contribution is 0.712. The SMILES string of the molecule is SP1SSCCCCCCSS1. The highest BCUT2D eigenvalue weighted by Crippen LogP contribution is 2.72. The third-order valence-electron chi connectivity index (χ3n) is 1.44. The Balaban J connectivity index is 2.13. The Morgan fingerprint density at radius 3 is 1.83 bits per heavy atom. The summed E-state index contributed by atoms with van der Waals surface area (Å²) in [6.07, 6.45) is 5.63. The summed E-state index contributed by atoms with van der Waals surface area (Å²) in [7, 11) is 7.95. The molecule has 0 aliphatic carbocycles. The van der Waals surface area contributed by atoms with E-state index >= 15 is 0 Å². The van der Waals surface area contributed by atoms with E-state index in [0.717, 1.165) is 0 Å². The summed E-state index contributed by atoms with van der Waals surface area (Å²) in [6.45, 7) is 0. The molecule has 0 bridgehead atoms. The minimum atomic E-state index is -0.122. The predicted octanol–water partition coefficient (Wildman–Crippen LogP) is 5.48. The number of hydrogen-bond acceptors (Lipinski definition) is 5. The van der Waals surface area contributed by atoms with Crippen LogP contribution in [0.4, 0.5) is 0 Å². The molecule has 0 unspecified atom stereocenters. The zero-order valence-electron chi connectivity index (χ0n) is 6.77. The molecule has 0 atom stereocenters. The Hall–Kier alpha value is 2.18.